The Balaban J connectivity index is 2.57. The standard InChI is InChI=1S/C5H7N5OS/c1-3-4(12-10-8-3)2-7-9-5(6)11/h2H,1H3,(H3,6,9,11)/b7-2+. The van der Waals surface area contributed by atoms with Crippen molar-refractivity contribution >= 4 is 23.8 Å². The largest absolute Gasteiger partial charge is 0.350 e. The molecule has 12 heavy (non-hydrogen) atoms. The predicted octanol–water partition coefficient (Wildman–Crippen LogP) is -0.151. The van der Waals surface area contributed by atoms with Crippen molar-refractivity contribution in [1.82, 2.24) is 15.0 Å². The van der Waals surface area contributed by atoms with Gasteiger partial charge >= 0.3 is 6.03 Å². The third kappa shape index (κ3) is 2.27. The highest BCUT2D eigenvalue weighted by Crippen LogP contribution is 2.04. The number of carbonyl (C=O) groups excluding carboxylic acids is 1. The van der Waals surface area contributed by atoms with E-state index in [4.69, 9.17) is 5.73 Å². The van der Waals surface area contributed by atoms with Crippen molar-refractivity contribution in [2.75, 3.05) is 0 Å². The number of aryl methyl sites for hydroxylation is 1. The van der Waals surface area contributed by atoms with Crippen LogP contribution in [0.3, 0.4) is 0 Å². The maximum atomic E-state index is 10.2. The Hall–Kier alpha value is -1.50. The van der Waals surface area contributed by atoms with Crippen molar-refractivity contribution < 1.29 is 4.79 Å². The lowest BCUT2D eigenvalue weighted by atomic mass is 10.4. The molecule has 0 saturated carbocycles. The average molecular weight is 185 g/mol. The van der Waals surface area contributed by atoms with E-state index in [2.05, 4.69) is 20.1 Å². The molecule has 0 fully saturated rings. The van der Waals surface area contributed by atoms with Crippen LogP contribution in [0.15, 0.2) is 5.10 Å². The molecule has 64 valence electrons. The van der Waals surface area contributed by atoms with Crippen LogP contribution in [-0.2, 0) is 0 Å². The van der Waals surface area contributed by atoms with Crippen LogP contribution in [0, 0.1) is 6.92 Å². The monoisotopic (exact) mass is 185 g/mol. The van der Waals surface area contributed by atoms with Gasteiger partial charge in [0.25, 0.3) is 0 Å². The zero-order chi connectivity index (χ0) is 8.97. The van der Waals surface area contributed by atoms with Gasteiger partial charge in [0.15, 0.2) is 0 Å². The molecule has 3 N–H and O–H groups in total. The third-order valence-electron chi connectivity index (χ3n) is 1.04. The molecule has 0 spiro atoms. The Morgan fingerprint density at radius 1 is 1.83 bits per heavy atom. The number of urea groups is 1. The normalized spacial score (nSPS) is 10.4. The Morgan fingerprint density at radius 2 is 2.58 bits per heavy atom. The van der Waals surface area contributed by atoms with E-state index in [0.29, 0.717) is 0 Å². The molecule has 0 bridgehead atoms. The highest BCUT2D eigenvalue weighted by molar-refractivity contribution is 7.07. The molecular formula is C5H7N5OS. The molecule has 2 amide bonds. The Labute approximate surface area is 72.6 Å². The molecule has 0 aromatic carbocycles. The fraction of sp³-hybridized carbons (Fsp3) is 0.200. The zero-order valence-electron chi connectivity index (χ0n) is 6.31. The summed E-state index contributed by atoms with van der Waals surface area (Å²) < 4.78 is 3.68. The van der Waals surface area contributed by atoms with E-state index in [-0.39, 0.29) is 0 Å². The highest BCUT2D eigenvalue weighted by atomic mass is 32.1. The molecular weight excluding hydrogens is 178 g/mol. The fourth-order valence-corrected chi connectivity index (χ4v) is 1.04. The molecule has 1 rings (SSSR count). The van der Waals surface area contributed by atoms with E-state index in [9.17, 15) is 4.79 Å². The lowest BCUT2D eigenvalue weighted by molar-refractivity contribution is 0.249. The van der Waals surface area contributed by atoms with Crippen molar-refractivity contribution in [1.29, 1.82) is 0 Å². The maximum absolute atomic E-state index is 10.2. The zero-order valence-corrected chi connectivity index (χ0v) is 7.13. The van der Waals surface area contributed by atoms with Gasteiger partial charge in [-0.2, -0.15) is 5.10 Å². The van der Waals surface area contributed by atoms with Gasteiger partial charge in [0.05, 0.1) is 16.8 Å². The molecule has 1 aromatic heterocycles. The molecule has 1 aromatic rings. The summed E-state index contributed by atoms with van der Waals surface area (Å²) in [5, 5.41) is 7.30. The van der Waals surface area contributed by atoms with Crippen molar-refractivity contribution in [3.05, 3.63) is 10.6 Å². The number of nitrogens with one attached hydrogen (secondary N) is 1. The van der Waals surface area contributed by atoms with Crippen molar-refractivity contribution in [3.63, 3.8) is 0 Å². The van der Waals surface area contributed by atoms with Gasteiger partial charge < -0.3 is 5.73 Å². The fourth-order valence-electron chi connectivity index (χ4n) is 0.512. The van der Waals surface area contributed by atoms with E-state index in [1.165, 1.54) is 17.7 Å². The van der Waals surface area contributed by atoms with Gasteiger partial charge in [-0.1, -0.05) is 4.49 Å². The van der Waals surface area contributed by atoms with Gasteiger partial charge in [0, 0.05) is 0 Å². The summed E-state index contributed by atoms with van der Waals surface area (Å²) in [5.41, 5.74) is 7.62. The number of amides is 2. The van der Waals surface area contributed by atoms with Gasteiger partial charge in [-0.15, -0.1) is 5.10 Å². The van der Waals surface area contributed by atoms with Crippen molar-refractivity contribution in [3.8, 4) is 0 Å². The number of hydrazone groups is 1. The molecule has 7 heteroatoms. The molecule has 0 saturated heterocycles. The van der Waals surface area contributed by atoms with Crippen LogP contribution in [-0.4, -0.2) is 21.8 Å². The molecule has 0 aliphatic rings. The third-order valence-corrected chi connectivity index (χ3v) is 1.80. The summed E-state index contributed by atoms with van der Waals surface area (Å²) in [7, 11) is 0. The summed E-state index contributed by atoms with van der Waals surface area (Å²) in [6.07, 6.45) is 1.45. The average Bonchev–Trinajstić information content (AvgIpc) is 2.36. The summed E-state index contributed by atoms with van der Waals surface area (Å²) in [4.78, 5) is 11.0. The quantitative estimate of drug-likeness (QED) is 0.495. The number of nitrogens with two attached hydrogens (primary N) is 1. The second-order valence-corrected chi connectivity index (χ2v) is 2.74. The lowest BCUT2D eigenvalue weighted by Gasteiger charge is -1.88. The van der Waals surface area contributed by atoms with Crippen LogP contribution in [0.1, 0.15) is 10.6 Å². The van der Waals surface area contributed by atoms with Crippen molar-refractivity contribution in [2.24, 2.45) is 10.8 Å². The second-order valence-electron chi connectivity index (χ2n) is 1.96. The van der Waals surface area contributed by atoms with Crippen LogP contribution in [0.5, 0.6) is 0 Å². The lowest BCUT2D eigenvalue weighted by Crippen LogP contribution is -2.24. The van der Waals surface area contributed by atoms with Crippen LogP contribution >= 0.6 is 11.5 Å². The van der Waals surface area contributed by atoms with E-state index in [1.807, 2.05) is 0 Å². The van der Waals surface area contributed by atoms with Gasteiger partial charge in [0.1, 0.15) is 0 Å². The first-order valence-corrected chi connectivity index (χ1v) is 3.85. The van der Waals surface area contributed by atoms with Gasteiger partial charge in [-0.05, 0) is 18.5 Å². The summed E-state index contributed by atoms with van der Waals surface area (Å²) >= 11 is 1.20. The summed E-state index contributed by atoms with van der Waals surface area (Å²) in [6.45, 7) is 1.80. The SMILES string of the molecule is Cc1nnsc1/C=N/NC(N)=O. The molecule has 0 aliphatic carbocycles. The molecule has 0 unspecified atom stereocenters. The first-order chi connectivity index (χ1) is 5.70. The number of primary amides is 1. The number of hydrogen-bond acceptors (Lipinski definition) is 5. The number of nitrogens with zero attached hydrogens (tertiary/aromatic N) is 3. The molecule has 0 radical (unpaired) electrons. The summed E-state index contributed by atoms with van der Waals surface area (Å²) in [5.74, 6) is 0. The smallest absolute Gasteiger partial charge is 0.332 e. The van der Waals surface area contributed by atoms with Crippen LogP contribution in [0.2, 0.25) is 0 Å². The van der Waals surface area contributed by atoms with E-state index < -0.39 is 6.03 Å². The van der Waals surface area contributed by atoms with E-state index in [1.54, 1.807) is 6.92 Å². The first-order valence-electron chi connectivity index (χ1n) is 3.07. The second kappa shape index (κ2) is 3.77. The molecule has 0 atom stereocenters. The Morgan fingerprint density at radius 3 is 3.08 bits per heavy atom. The molecule has 0 aliphatic heterocycles. The molecule has 6 nitrogen and oxygen atoms in total. The minimum absolute atomic E-state index is 0.693. The van der Waals surface area contributed by atoms with E-state index in [0.717, 1.165) is 10.6 Å². The Bertz CT molecular complexity index is 307. The maximum Gasteiger partial charge on any atom is 0.332 e. The van der Waals surface area contributed by atoms with Gasteiger partial charge in [0.2, 0.25) is 0 Å². The van der Waals surface area contributed by atoms with Gasteiger partial charge in [-0.3, -0.25) is 0 Å². The molecule has 1 heterocycles. The minimum atomic E-state index is -0.693. The minimum Gasteiger partial charge on any atom is -0.350 e. The number of carbonyl (C=O) groups is 1. The topological polar surface area (TPSA) is 93.3 Å². The van der Waals surface area contributed by atoms with Crippen LogP contribution in [0.25, 0.3) is 0 Å². The first kappa shape index (κ1) is 8.60. The highest BCUT2D eigenvalue weighted by Gasteiger charge is 1.97. The van der Waals surface area contributed by atoms with Crippen LogP contribution in [0.4, 0.5) is 4.79 Å². The predicted molar refractivity (Wildman–Crippen MR) is 45.0 cm³/mol. The van der Waals surface area contributed by atoms with E-state index >= 15 is 0 Å². The van der Waals surface area contributed by atoms with Crippen molar-refractivity contribution in [2.45, 2.75) is 6.92 Å². The van der Waals surface area contributed by atoms with Crippen LogP contribution < -0.4 is 11.2 Å². The Kier molecular flexibility index (Phi) is 2.70. The number of rotatable bonds is 2. The summed E-state index contributed by atoms with van der Waals surface area (Å²) in [6, 6.07) is -0.693. The number of hydrogen-bond donors (Lipinski definition) is 2. The van der Waals surface area contributed by atoms with Gasteiger partial charge in [-0.25, -0.2) is 10.2 Å². The number of aromatic nitrogens is 2.